The van der Waals surface area contributed by atoms with E-state index in [-0.39, 0.29) is 19.5 Å². The van der Waals surface area contributed by atoms with Crippen LogP contribution < -0.4 is 0 Å². The van der Waals surface area contributed by atoms with Crippen molar-refractivity contribution in [1.29, 1.82) is 0 Å². The second-order valence-electron chi connectivity index (χ2n) is 3.88. The van der Waals surface area contributed by atoms with Gasteiger partial charge in [0.05, 0.1) is 0 Å². The molecule has 0 aliphatic carbocycles. The van der Waals surface area contributed by atoms with Gasteiger partial charge in [0.25, 0.3) is 0 Å². The van der Waals surface area contributed by atoms with Gasteiger partial charge in [0.2, 0.25) is 0 Å². The van der Waals surface area contributed by atoms with Crippen LogP contribution in [0.25, 0.3) is 10.8 Å². The van der Waals surface area contributed by atoms with Crippen molar-refractivity contribution in [2.75, 3.05) is 0 Å². The third kappa shape index (κ3) is 6.21. The molecule has 7 heteroatoms. The van der Waals surface area contributed by atoms with Gasteiger partial charge in [0.1, 0.15) is 0 Å². The molecule has 0 amide bonds. The molecule has 0 atom stereocenters. The molecular formula is C14H14N2S4Zn-4. The van der Waals surface area contributed by atoms with Crippen molar-refractivity contribution in [2.24, 2.45) is 0 Å². The first kappa shape index (κ1) is 20.8. The standard InChI is InChI=1S/2C7H8NS2.Zn/c2*1-2-6-3-5(4-8)7(9)10-6;/h2*3-4,9H,2H2,1H3;/q2*-1;/p-2. The van der Waals surface area contributed by atoms with Crippen molar-refractivity contribution in [3.63, 3.8) is 0 Å². The first-order valence-corrected chi connectivity index (χ1v) is 8.54. The van der Waals surface area contributed by atoms with Gasteiger partial charge in [-0.3, -0.25) is 0 Å². The number of aryl methyl sites for hydroxylation is 2. The van der Waals surface area contributed by atoms with E-state index in [1.165, 1.54) is 9.75 Å². The molecule has 0 N–H and O–H groups in total. The smallest absolute Gasteiger partial charge is 0 e. The molecule has 0 aliphatic rings. The van der Waals surface area contributed by atoms with Gasteiger partial charge in [-0.25, -0.2) is 0 Å². The number of rotatable bonds is 4. The zero-order valence-electron chi connectivity index (χ0n) is 12.0. The molecular weight excluding hydrogens is 390 g/mol. The Bertz CT molecular complexity index is 538. The van der Waals surface area contributed by atoms with Gasteiger partial charge in [0.15, 0.2) is 0 Å². The zero-order valence-corrected chi connectivity index (χ0v) is 18.2. The first-order chi connectivity index (χ1) is 9.55. The SMILES string of the molecule is CCc1cc(C=[N-])c([S-])s1.CCc1cc(C=[N-])c([S-])s1.[Zn]. The molecule has 2 nitrogen and oxygen atoms in total. The van der Waals surface area contributed by atoms with Gasteiger partial charge in [-0.15, -0.1) is 8.42 Å². The molecule has 2 aromatic rings. The van der Waals surface area contributed by atoms with Gasteiger partial charge in [-0.1, -0.05) is 46.9 Å². The van der Waals surface area contributed by atoms with Crippen molar-refractivity contribution in [2.45, 2.75) is 35.1 Å². The summed E-state index contributed by atoms with van der Waals surface area (Å²) < 4.78 is 1.55. The van der Waals surface area contributed by atoms with Crippen LogP contribution in [0.3, 0.4) is 0 Å². The van der Waals surface area contributed by atoms with E-state index in [4.69, 9.17) is 36.1 Å². The molecule has 0 aromatic carbocycles. The minimum Gasteiger partial charge on any atom is -0.810 e. The number of nitrogens with zero attached hydrogens (tertiary/aromatic N) is 2. The van der Waals surface area contributed by atoms with Crippen LogP contribution in [-0.2, 0) is 57.6 Å². The molecule has 110 valence electrons. The topological polar surface area (TPSA) is 44.6 Å². The van der Waals surface area contributed by atoms with Crippen molar-refractivity contribution >= 4 is 60.4 Å². The van der Waals surface area contributed by atoms with Gasteiger partial charge in [0, 0.05) is 19.5 Å². The van der Waals surface area contributed by atoms with E-state index >= 15 is 0 Å². The number of thiophene rings is 2. The molecule has 0 spiro atoms. The molecule has 0 radical (unpaired) electrons. The Hall–Kier alpha value is -0.197. The fraction of sp³-hybridized carbons (Fsp3) is 0.286. The second-order valence-corrected chi connectivity index (χ2v) is 7.48. The van der Waals surface area contributed by atoms with Gasteiger partial charge >= 0.3 is 0 Å². The van der Waals surface area contributed by atoms with E-state index in [1.807, 2.05) is 12.1 Å². The average Bonchev–Trinajstić information content (AvgIpc) is 3.01. The summed E-state index contributed by atoms with van der Waals surface area (Å²) in [6.07, 6.45) is 4.11. The van der Waals surface area contributed by atoms with Crippen LogP contribution in [-0.4, -0.2) is 12.4 Å². The quantitative estimate of drug-likeness (QED) is 0.431. The van der Waals surface area contributed by atoms with E-state index in [2.05, 4.69) is 13.8 Å². The van der Waals surface area contributed by atoms with E-state index < -0.39 is 0 Å². The van der Waals surface area contributed by atoms with Crippen LogP contribution in [0.15, 0.2) is 20.6 Å². The Morgan fingerprint density at radius 1 is 0.905 bits per heavy atom. The van der Waals surface area contributed by atoms with E-state index in [0.29, 0.717) is 0 Å². The fourth-order valence-corrected chi connectivity index (χ4v) is 3.87. The summed E-state index contributed by atoms with van der Waals surface area (Å²) in [6.45, 7) is 4.14. The molecule has 21 heavy (non-hydrogen) atoms. The molecule has 0 saturated carbocycles. The molecule has 2 heterocycles. The first-order valence-electron chi connectivity index (χ1n) is 6.09. The van der Waals surface area contributed by atoms with E-state index in [9.17, 15) is 0 Å². The van der Waals surface area contributed by atoms with Crippen molar-refractivity contribution in [3.8, 4) is 0 Å². The van der Waals surface area contributed by atoms with E-state index in [1.54, 1.807) is 22.7 Å². The summed E-state index contributed by atoms with van der Waals surface area (Å²) in [5.41, 5.74) is 1.55. The van der Waals surface area contributed by atoms with Crippen molar-refractivity contribution in [1.82, 2.24) is 0 Å². The minimum atomic E-state index is 0. The van der Waals surface area contributed by atoms with Crippen LogP contribution in [0.5, 0.6) is 0 Å². The van der Waals surface area contributed by atoms with E-state index in [0.717, 1.165) is 44.8 Å². The van der Waals surface area contributed by atoms with Gasteiger partial charge < -0.3 is 58.7 Å². The predicted molar refractivity (Wildman–Crippen MR) is 95.7 cm³/mol. The predicted octanol–water partition coefficient (Wildman–Crippen LogP) is 4.41. The maximum atomic E-state index is 8.64. The minimum absolute atomic E-state index is 0. The molecule has 2 rings (SSSR count). The molecule has 2 aromatic heterocycles. The molecule has 0 bridgehead atoms. The fourth-order valence-electron chi connectivity index (χ4n) is 1.41. The molecule has 0 unspecified atom stereocenters. The van der Waals surface area contributed by atoms with Crippen LogP contribution in [0.1, 0.15) is 34.7 Å². The Morgan fingerprint density at radius 2 is 1.24 bits per heavy atom. The largest absolute Gasteiger partial charge is 0.810 e. The summed E-state index contributed by atoms with van der Waals surface area (Å²) in [4.78, 5) is 2.45. The Morgan fingerprint density at radius 3 is 1.38 bits per heavy atom. The third-order valence-corrected chi connectivity index (χ3v) is 5.68. The Labute approximate surface area is 158 Å². The summed E-state index contributed by atoms with van der Waals surface area (Å²) in [6, 6.07) is 3.85. The Balaban J connectivity index is 0.000000364. The Kier molecular flexibility index (Phi) is 10.4. The molecule has 0 fully saturated rings. The number of hydrogen-bond donors (Lipinski definition) is 0. The molecule has 0 aliphatic heterocycles. The maximum absolute atomic E-state index is 8.64. The normalized spacial score (nSPS) is 9.24. The average molecular weight is 404 g/mol. The zero-order chi connectivity index (χ0) is 15.1. The number of hydrogen-bond acceptors (Lipinski definition) is 4. The second kappa shape index (κ2) is 10.5. The van der Waals surface area contributed by atoms with Crippen LogP contribution in [0.2, 0.25) is 0 Å². The summed E-state index contributed by atoms with van der Waals surface area (Å²) in [7, 11) is 0. The van der Waals surface area contributed by atoms with Crippen LogP contribution in [0, 0.1) is 0 Å². The van der Waals surface area contributed by atoms with Crippen molar-refractivity contribution in [3.05, 3.63) is 43.8 Å². The van der Waals surface area contributed by atoms with Gasteiger partial charge in [-0.2, -0.15) is 12.4 Å². The summed E-state index contributed by atoms with van der Waals surface area (Å²) >= 11 is 13.1. The third-order valence-electron chi connectivity index (χ3n) is 2.53. The molecule has 0 saturated heterocycles. The maximum Gasteiger partial charge on any atom is 0 e. The summed E-state index contributed by atoms with van der Waals surface area (Å²) in [5.74, 6) is 0. The van der Waals surface area contributed by atoms with Crippen LogP contribution >= 0.6 is 22.7 Å². The van der Waals surface area contributed by atoms with Crippen LogP contribution in [0.4, 0.5) is 0 Å². The van der Waals surface area contributed by atoms with Crippen molar-refractivity contribution < 1.29 is 19.5 Å². The monoisotopic (exact) mass is 402 g/mol. The van der Waals surface area contributed by atoms with Gasteiger partial charge in [-0.05, 0) is 12.8 Å². The summed E-state index contributed by atoms with van der Waals surface area (Å²) in [5, 5.41) is 17.3.